The topological polar surface area (TPSA) is 55.6 Å². The van der Waals surface area contributed by atoms with Crippen LogP contribution in [0.1, 0.15) is 36.2 Å². The largest absolute Gasteiger partial charge is 0.493 e. The Hall–Kier alpha value is -1.55. The highest BCUT2D eigenvalue weighted by atomic mass is 16.5. The Morgan fingerprint density at radius 2 is 2.26 bits per heavy atom. The molecular formula is C15H22N2O2. The molecule has 1 aliphatic heterocycles. The number of fused-ring (bicyclic) bond motifs is 1. The van der Waals surface area contributed by atoms with Crippen molar-refractivity contribution in [2.45, 2.75) is 32.7 Å². The average Bonchev–Trinajstić information content (AvgIpc) is 2.85. The van der Waals surface area contributed by atoms with Crippen molar-refractivity contribution in [2.24, 2.45) is 5.73 Å². The number of rotatable bonds is 5. The number of ether oxygens (including phenoxy) is 1. The lowest BCUT2D eigenvalue weighted by Crippen LogP contribution is -2.38. The van der Waals surface area contributed by atoms with E-state index in [0.717, 1.165) is 29.7 Å². The van der Waals surface area contributed by atoms with Gasteiger partial charge < -0.3 is 15.4 Å². The highest BCUT2D eigenvalue weighted by Gasteiger charge is 2.20. The molecule has 2 rings (SSSR count). The van der Waals surface area contributed by atoms with Gasteiger partial charge in [-0.1, -0.05) is 0 Å². The van der Waals surface area contributed by atoms with E-state index in [1.54, 1.807) is 0 Å². The number of carbonyl (C=O) groups is 1. The highest BCUT2D eigenvalue weighted by molar-refractivity contribution is 5.94. The summed E-state index contributed by atoms with van der Waals surface area (Å²) >= 11 is 0. The number of carbonyl (C=O) groups excluding carboxylic acids is 1. The van der Waals surface area contributed by atoms with E-state index < -0.39 is 0 Å². The zero-order chi connectivity index (χ0) is 13.8. The molecule has 19 heavy (non-hydrogen) atoms. The van der Waals surface area contributed by atoms with Gasteiger partial charge in [-0.2, -0.15) is 0 Å². The van der Waals surface area contributed by atoms with Gasteiger partial charge in [0.2, 0.25) is 0 Å². The monoisotopic (exact) mass is 262 g/mol. The van der Waals surface area contributed by atoms with Gasteiger partial charge in [-0.05, 0) is 50.6 Å². The molecule has 0 unspecified atom stereocenters. The molecule has 1 aromatic rings. The minimum Gasteiger partial charge on any atom is -0.493 e. The first-order valence-electron chi connectivity index (χ1n) is 6.90. The maximum Gasteiger partial charge on any atom is 0.254 e. The molecule has 1 aromatic carbocycles. The van der Waals surface area contributed by atoms with Crippen molar-refractivity contribution in [2.75, 3.05) is 19.7 Å². The number of hydrogen-bond acceptors (Lipinski definition) is 3. The Kier molecular flexibility index (Phi) is 4.43. The van der Waals surface area contributed by atoms with E-state index in [1.165, 1.54) is 0 Å². The van der Waals surface area contributed by atoms with Crippen LogP contribution in [-0.4, -0.2) is 36.5 Å². The first-order chi connectivity index (χ1) is 9.13. The van der Waals surface area contributed by atoms with Gasteiger partial charge in [0.05, 0.1) is 6.61 Å². The van der Waals surface area contributed by atoms with Crippen LogP contribution >= 0.6 is 0 Å². The van der Waals surface area contributed by atoms with E-state index in [2.05, 4.69) is 0 Å². The van der Waals surface area contributed by atoms with E-state index in [4.69, 9.17) is 10.5 Å². The fraction of sp³-hybridized carbons (Fsp3) is 0.533. The van der Waals surface area contributed by atoms with Crippen LogP contribution in [0.5, 0.6) is 5.75 Å². The molecule has 0 radical (unpaired) electrons. The van der Waals surface area contributed by atoms with Crippen LogP contribution < -0.4 is 10.5 Å². The van der Waals surface area contributed by atoms with Gasteiger partial charge in [-0.25, -0.2) is 0 Å². The lowest BCUT2D eigenvalue weighted by Gasteiger charge is -2.27. The van der Waals surface area contributed by atoms with E-state index in [1.807, 2.05) is 36.9 Å². The van der Waals surface area contributed by atoms with Crippen molar-refractivity contribution < 1.29 is 9.53 Å². The molecule has 0 aliphatic carbocycles. The predicted molar refractivity (Wildman–Crippen MR) is 75.5 cm³/mol. The molecule has 0 saturated carbocycles. The smallest absolute Gasteiger partial charge is 0.254 e. The maximum absolute atomic E-state index is 12.5. The molecular weight excluding hydrogens is 240 g/mol. The van der Waals surface area contributed by atoms with Crippen LogP contribution in [0.3, 0.4) is 0 Å². The zero-order valence-corrected chi connectivity index (χ0v) is 11.7. The molecule has 104 valence electrons. The second-order valence-corrected chi connectivity index (χ2v) is 5.16. The quantitative estimate of drug-likeness (QED) is 0.880. The molecule has 0 spiro atoms. The Labute approximate surface area is 114 Å². The third kappa shape index (κ3) is 3.07. The molecule has 0 saturated heterocycles. The lowest BCUT2D eigenvalue weighted by molar-refractivity contribution is 0.0705. The minimum atomic E-state index is 0.0816. The van der Waals surface area contributed by atoms with Gasteiger partial charge in [0, 0.05) is 24.6 Å². The molecule has 2 N–H and O–H groups in total. The molecule has 1 aliphatic rings. The summed E-state index contributed by atoms with van der Waals surface area (Å²) in [4.78, 5) is 14.4. The third-order valence-corrected chi connectivity index (χ3v) is 3.42. The summed E-state index contributed by atoms with van der Waals surface area (Å²) in [5.74, 6) is 0.993. The SMILES string of the molecule is CC(C)N(CCCN)C(=O)c1ccc2c(c1)CCO2. The fourth-order valence-corrected chi connectivity index (χ4v) is 2.34. The number of nitrogens with zero attached hydrogens (tertiary/aromatic N) is 1. The number of hydrogen-bond donors (Lipinski definition) is 1. The third-order valence-electron chi connectivity index (χ3n) is 3.42. The van der Waals surface area contributed by atoms with Crippen LogP contribution in [0.4, 0.5) is 0 Å². The van der Waals surface area contributed by atoms with Crippen molar-refractivity contribution in [1.82, 2.24) is 4.90 Å². The van der Waals surface area contributed by atoms with Crippen molar-refractivity contribution in [3.63, 3.8) is 0 Å². The summed E-state index contributed by atoms with van der Waals surface area (Å²) in [7, 11) is 0. The second kappa shape index (κ2) is 6.06. The first kappa shape index (κ1) is 13.9. The summed E-state index contributed by atoms with van der Waals surface area (Å²) < 4.78 is 5.46. The Bertz CT molecular complexity index is 457. The molecule has 1 heterocycles. The fourth-order valence-electron chi connectivity index (χ4n) is 2.34. The zero-order valence-electron chi connectivity index (χ0n) is 11.7. The average molecular weight is 262 g/mol. The van der Waals surface area contributed by atoms with E-state index >= 15 is 0 Å². The molecule has 0 aromatic heterocycles. The summed E-state index contributed by atoms with van der Waals surface area (Å²) in [5, 5.41) is 0. The van der Waals surface area contributed by atoms with Crippen LogP contribution in [-0.2, 0) is 6.42 Å². The Morgan fingerprint density at radius 1 is 1.47 bits per heavy atom. The minimum absolute atomic E-state index is 0.0816. The standard InChI is InChI=1S/C15H22N2O2/c1-11(2)17(8-3-7-16)15(18)13-4-5-14-12(10-13)6-9-19-14/h4-5,10-11H,3,6-9,16H2,1-2H3. The molecule has 0 bridgehead atoms. The van der Waals surface area contributed by atoms with Crippen molar-refractivity contribution in [3.8, 4) is 5.75 Å². The van der Waals surface area contributed by atoms with Gasteiger partial charge in [0.15, 0.2) is 0 Å². The van der Waals surface area contributed by atoms with Gasteiger partial charge in [-0.15, -0.1) is 0 Å². The molecule has 4 nitrogen and oxygen atoms in total. The van der Waals surface area contributed by atoms with Crippen LogP contribution in [0.15, 0.2) is 18.2 Å². The highest BCUT2D eigenvalue weighted by Crippen LogP contribution is 2.26. The lowest BCUT2D eigenvalue weighted by atomic mass is 10.1. The van der Waals surface area contributed by atoms with Crippen molar-refractivity contribution in [1.29, 1.82) is 0 Å². The second-order valence-electron chi connectivity index (χ2n) is 5.16. The van der Waals surface area contributed by atoms with Gasteiger partial charge >= 0.3 is 0 Å². The van der Waals surface area contributed by atoms with Gasteiger partial charge in [0.1, 0.15) is 5.75 Å². The maximum atomic E-state index is 12.5. The normalized spacial score (nSPS) is 13.3. The van der Waals surface area contributed by atoms with Gasteiger partial charge in [0.25, 0.3) is 5.91 Å². The number of benzene rings is 1. The molecule has 0 fully saturated rings. The first-order valence-corrected chi connectivity index (χ1v) is 6.90. The van der Waals surface area contributed by atoms with Crippen molar-refractivity contribution in [3.05, 3.63) is 29.3 Å². The molecule has 0 atom stereocenters. The van der Waals surface area contributed by atoms with Crippen LogP contribution in [0.25, 0.3) is 0 Å². The summed E-state index contributed by atoms with van der Waals surface area (Å²) in [6, 6.07) is 5.90. The summed E-state index contributed by atoms with van der Waals surface area (Å²) in [6.45, 7) is 6.10. The summed E-state index contributed by atoms with van der Waals surface area (Å²) in [5.41, 5.74) is 7.41. The van der Waals surface area contributed by atoms with Crippen LogP contribution in [0, 0.1) is 0 Å². The van der Waals surface area contributed by atoms with Crippen molar-refractivity contribution >= 4 is 5.91 Å². The van der Waals surface area contributed by atoms with E-state index in [9.17, 15) is 4.79 Å². The molecule has 4 heteroatoms. The summed E-state index contributed by atoms with van der Waals surface area (Å²) in [6.07, 6.45) is 1.72. The number of amides is 1. The molecule has 1 amide bonds. The Morgan fingerprint density at radius 3 is 2.95 bits per heavy atom. The predicted octanol–water partition coefficient (Wildman–Crippen LogP) is 1.82. The van der Waals surface area contributed by atoms with E-state index in [0.29, 0.717) is 19.7 Å². The van der Waals surface area contributed by atoms with Crippen LogP contribution in [0.2, 0.25) is 0 Å². The number of nitrogens with two attached hydrogens (primary N) is 1. The Balaban J connectivity index is 2.16. The van der Waals surface area contributed by atoms with Gasteiger partial charge in [-0.3, -0.25) is 4.79 Å². The van der Waals surface area contributed by atoms with E-state index in [-0.39, 0.29) is 11.9 Å².